The summed E-state index contributed by atoms with van der Waals surface area (Å²) in [6.07, 6.45) is 2.16. The Bertz CT molecular complexity index is 579. The molecule has 0 spiro atoms. The zero-order valence-corrected chi connectivity index (χ0v) is 10.2. The topological polar surface area (TPSA) is 79.1 Å². The van der Waals surface area contributed by atoms with Gasteiger partial charge in [-0.3, -0.25) is 4.79 Å². The molecule has 1 aromatic heterocycles. The second-order valence-corrected chi connectivity index (χ2v) is 4.00. The van der Waals surface area contributed by atoms with Crippen LogP contribution in [0.2, 0.25) is 0 Å². The van der Waals surface area contributed by atoms with Gasteiger partial charge in [-0.25, -0.2) is 0 Å². The van der Waals surface area contributed by atoms with Crippen LogP contribution in [0.5, 0.6) is 0 Å². The van der Waals surface area contributed by atoms with Crippen molar-refractivity contribution < 1.29 is 27.2 Å². The highest BCUT2D eigenvalue weighted by atomic mass is 19.5. The largest absolute Gasteiger partial charge is 0.673 e. The van der Waals surface area contributed by atoms with Gasteiger partial charge in [-0.1, -0.05) is 18.2 Å². The van der Waals surface area contributed by atoms with E-state index in [4.69, 9.17) is 10.8 Å². The Labute approximate surface area is 111 Å². The summed E-state index contributed by atoms with van der Waals surface area (Å²) in [5.41, 5.74) is 7.43. The Morgan fingerprint density at radius 3 is 2.40 bits per heavy atom. The summed E-state index contributed by atoms with van der Waals surface area (Å²) in [6, 6.07) is 6.91. The normalized spacial score (nSPS) is 12.7. The molecule has 2 aromatic rings. The minimum atomic E-state index is -6.00. The van der Waals surface area contributed by atoms with Gasteiger partial charge in [-0.15, -0.1) is 0 Å². The predicted octanol–water partition coefficient (Wildman–Crippen LogP) is 2.42. The van der Waals surface area contributed by atoms with Crippen molar-refractivity contribution in [3.63, 3.8) is 0 Å². The quantitative estimate of drug-likeness (QED) is 0.600. The molecule has 0 unspecified atom stereocenters. The van der Waals surface area contributed by atoms with Crippen molar-refractivity contribution in [2.45, 2.75) is 12.5 Å². The third kappa shape index (κ3) is 5.31. The second-order valence-electron chi connectivity index (χ2n) is 4.00. The highest BCUT2D eigenvalue weighted by Crippen LogP contribution is 2.18. The zero-order valence-electron chi connectivity index (χ0n) is 10.2. The lowest BCUT2D eigenvalue weighted by Gasteiger charge is -2.04. The number of para-hydroxylation sites is 1. The molecule has 0 radical (unpaired) electrons. The molecule has 110 valence electrons. The minimum absolute atomic E-state index is 0.347. The van der Waals surface area contributed by atoms with Crippen molar-refractivity contribution in [1.82, 2.24) is 4.98 Å². The number of halogens is 4. The minimum Gasteiger partial charge on any atom is -0.480 e. The van der Waals surface area contributed by atoms with Crippen LogP contribution in [0, 0.1) is 0 Å². The van der Waals surface area contributed by atoms with Crippen LogP contribution in [0.15, 0.2) is 30.5 Å². The van der Waals surface area contributed by atoms with E-state index in [-0.39, 0.29) is 0 Å². The number of carboxylic acid groups (broad SMARTS) is 1. The smallest absolute Gasteiger partial charge is 0.480 e. The third-order valence-corrected chi connectivity index (χ3v) is 2.43. The molecule has 1 heterocycles. The van der Waals surface area contributed by atoms with Crippen LogP contribution < -0.4 is 5.73 Å². The maximum absolute atomic E-state index is 10.6. The zero-order chi connectivity index (χ0) is 15.3. The van der Waals surface area contributed by atoms with Crippen LogP contribution in [0.3, 0.4) is 0 Å². The fraction of sp³-hybridized carbons (Fsp3) is 0.182. The average molecular weight is 291 g/mol. The first-order valence-electron chi connectivity index (χ1n) is 5.59. The fourth-order valence-electron chi connectivity index (χ4n) is 1.62. The Hall–Kier alpha value is -2.03. The molecule has 2 rings (SSSR count). The monoisotopic (exact) mass is 291 g/mol. The van der Waals surface area contributed by atoms with E-state index in [1.807, 2.05) is 30.5 Å². The van der Waals surface area contributed by atoms with Gasteiger partial charge in [0.05, 0.1) is 0 Å². The summed E-state index contributed by atoms with van der Waals surface area (Å²) in [5.74, 6) is -0.972. The Morgan fingerprint density at radius 2 is 1.85 bits per heavy atom. The number of H-pyrrole nitrogens is 1. The van der Waals surface area contributed by atoms with Gasteiger partial charge >= 0.3 is 13.2 Å². The SMILES string of the molecule is F[B-](F)(F)F.N[C@@H](Cc1c[nH]c2ccccc12)C(=O)O. The molecule has 4 N–H and O–H groups in total. The highest BCUT2D eigenvalue weighted by molar-refractivity contribution is 6.50. The number of benzene rings is 1. The number of carbonyl (C=O) groups is 1. The van der Waals surface area contributed by atoms with Gasteiger partial charge < -0.3 is 33.1 Å². The number of rotatable bonds is 3. The average Bonchev–Trinajstić information content (AvgIpc) is 2.70. The summed E-state index contributed by atoms with van der Waals surface area (Å²) in [5, 5.41) is 9.75. The lowest BCUT2D eigenvalue weighted by molar-refractivity contribution is -0.138. The van der Waals surface area contributed by atoms with Gasteiger partial charge in [0.25, 0.3) is 0 Å². The fourth-order valence-corrected chi connectivity index (χ4v) is 1.62. The third-order valence-electron chi connectivity index (χ3n) is 2.43. The van der Waals surface area contributed by atoms with E-state index in [9.17, 15) is 22.1 Å². The van der Waals surface area contributed by atoms with Gasteiger partial charge in [-0.2, -0.15) is 0 Å². The lowest BCUT2D eigenvalue weighted by Crippen LogP contribution is -2.32. The summed E-state index contributed by atoms with van der Waals surface area (Å²) < 4.78 is 39.0. The van der Waals surface area contributed by atoms with Crippen LogP contribution in [0.4, 0.5) is 17.3 Å². The van der Waals surface area contributed by atoms with Gasteiger partial charge in [-0.05, 0) is 11.6 Å². The molecule has 9 heteroatoms. The van der Waals surface area contributed by atoms with Crippen molar-refractivity contribution >= 4 is 24.1 Å². The van der Waals surface area contributed by atoms with E-state index in [0.29, 0.717) is 6.42 Å². The highest BCUT2D eigenvalue weighted by Gasteiger charge is 2.20. The maximum atomic E-state index is 10.6. The first kappa shape index (κ1) is 16.0. The molecule has 0 amide bonds. The Kier molecular flexibility index (Phi) is 5.15. The number of nitrogens with two attached hydrogens (primary N) is 1. The Balaban J connectivity index is 0.000000347. The molecule has 0 aliphatic heterocycles. The van der Waals surface area contributed by atoms with E-state index in [1.54, 1.807) is 0 Å². The van der Waals surface area contributed by atoms with Gasteiger partial charge in [0, 0.05) is 23.5 Å². The maximum Gasteiger partial charge on any atom is 0.673 e. The summed E-state index contributed by atoms with van der Waals surface area (Å²) >= 11 is 0. The standard InChI is InChI=1S/C11H12N2O2.BF4/c12-9(11(14)15)5-7-6-13-10-4-2-1-3-8(7)10;2-1(3,4)5/h1-4,6,9,13H,5,12H2,(H,14,15);/q;-1/t9-;/m0./s1. The first-order valence-corrected chi connectivity index (χ1v) is 5.59. The van der Waals surface area contributed by atoms with Crippen LogP contribution in [0.1, 0.15) is 5.56 Å². The second kappa shape index (κ2) is 6.42. The van der Waals surface area contributed by atoms with Crippen molar-refractivity contribution in [1.29, 1.82) is 0 Å². The van der Waals surface area contributed by atoms with E-state index in [0.717, 1.165) is 16.5 Å². The van der Waals surface area contributed by atoms with Crippen molar-refractivity contribution in [3.05, 3.63) is 36.0 Å². The van der Waals surface area contributed by atoms with Gasteiger partial charge in [0.1, 0.15) is 6.04 Å². The molecule has 0 aliphatic carbocycles. The number of aromatic amines is 1. The molecule has 0 bridgehead atoms. The number of fused-ring (bicyclic) bond motifs is 1. The number of hydrogen-bond acceptors (Lipinski definition) is 2. The van der Waals surface area contributed by atoms with Crippen molar-refractivity contribution in [2.75, 3.05) is 0 Å². The van der Waals surface area contributed by atoms with Gasteiger partial charge in [0.15, 0.2) is 0 Å². The Morgan fingerprint density at radius 1 is 1.30 bits per heavy atom. The lowest BCUT2D eigenvalue weighted by atomic mass is 10.1. The number of aliphatic carboxylic acids is 1. The molecule has 0 aliphatic rings. The van der Waals surface area contributed by atoms with E-state index in [2.05, 4.69) is 4.98 Å². The van der Waals surface area contributed by atoms with Crippen molar-refractivity contribution in [2.24, 2.45) is 5.73 Å². The molecule has 1 atom stereocenters. The van der Waals surface area contributed by atoms with Crippen LogP contribution in [-0.4, -0.2) is 29.4 Å². The summed E-state index contributed by atoms with van der Waals surface area (Å²) in [6.45, 7) is 0. The van der Waals surface area contributed by atoms with E-state index < -0.39 is 19.3 Å². The molecule has 0 saturated carbocycles. The molecular weight excluding hydrogens is 279 g/mol. The van der Waals surface area contributed by atoms with E-state index >= 15 is 0 Å². The summed E-state index contributed by atoms with van der Waals surface area (Å²) in [7, 11) is -6.00. The molecule has 4 nitrogen and oxygen atoms in total. The molecule has 0 saturated heterocycles. The molecule has 0 fully saturated rings. The van der Waals surface area contributed by atoms with Crippen LogP contribution >= 0.6 is 0 Å². The summed E-state index contributed by atoms with van der Waals surface area (Å²) in [4.78, 5) is 13.7. The first-order chi connectivity index (χ1) is 9.18. The van der Waals surface area contributed by atoms with E-state index in [1.165, 1.54) is 0 Å². The van der Waals surface area contributed by atoms with Gasteiger partial charge in [0.2, 0.25) is 0 Å². The number of hydrogen-bond donors (Lipinski definition) is 3. The molecular formula is C11H12BF4N2O2-. The molecule has 20 heavy (non-hydrogen) atoms. The molecule has 1 aromatic carbocycles. The number of carboxylic acids is 1. The van der Waals surface area contributed by atoms with Crippen LogP contribution in [-0.2, 0) is 11.2 Å². The predicted molar refractivity (Wildman–Crippen MR) is 67.8 cm³/mol. The number of nitrogens with one attached hydrogen (secondary N) is 1. The number of aromatic nitrogens is 1. The van der Waals surface area contributed by atoms with Crippen molar-refractivity contribution in [3.8, 4) is 0 Å². The van der Waals surface area contributed by atoms with Crippen LogP contribution in [0.25, 0.3) is 10.9 Å².